The molecule has 1 unspecified atom stereocenters. The van der Waals surface area contributed by atoms with Gasteiger partial charge >= 0.3 is 5.97 Å². The number of pyridine rings is 1. The summed E-state index contributed by atoms with van der Waals surface area (Å²) < 4.78 is 6.16. The average Bonchev–Trinajstić information content (AvgIpc) is 2.84. The minimum atomic E-state index is -1.33. The van der Waals surface area contributed by atoms with Gasteiger partial charge < -0.3 is 4.74 Å². The first-order valence-electron chi connectivity index (χ1n) is 10.1. The fourth-order valence-electron chi connectivity index (χ4n) is 3.32. The van der Waals surface area contributed by atoms with Gasteiger partial charge in [-0.2, -0.15) is 0 Å². The molecule has 0 saturated heterocycles. The molecule has 31 heavy (non-hydrogen) atoms. The zero-order valence-corrected chi connectivity index (χ0v) is 16.9. The molecule has 1 aromatic heterocycles. The summed E-state index contributed by atoms with van der Waals surface area (Å²) in [6.07, 6.45) is 1.83. The summed E-state index contributed by atoms with van der Waals surface area (Å²) in [6.45, 7) is 0. The first-order chi connectivity index (χ1) is 15.3. The molecule has 0 N–H and O–H groups in total. The van der Waals surface area contributed by atoms with E-state index in [2.05, 4.69) is 16.8 Å². The second-order valence-electron chi connectivity index (χ2n) is 7.01. The van der Waals surface area contributed by atoms with Crippen LogP contribution < -0.4 is 0 Å². The summed E-state index contributed by atoms with van der Waals surface area (Å²) in [5.74, 6) is 6.06. The number of hydrogen-bond acceptors (Lipinski definition) is 3. The molecule has 0 aliphatic carbocycles. The van der Waals surface area contributed by atoms with E-state index < -0.39 is 5.60 Å². The molecule has 0 aliphatic rings. The number of benzene rings is 3. The number of nitrogens with zero attached hydrogens (tertiary/aromatic N) is 1. The van der Waals surface area contributed by atoms with Crippen LogP contribution in [-0.2, 0) is 21.6 Å². The van der Waals surface area contributed by atoms with E-state index in [1.165, 1.54) is 0 Å². The smallest absolute Gasteiger partial charge is 0.312 e. The highest BCUT2D eigenvalue weighted by Gasteiger charge is 2.38. The summed E-state index contributed by atoms with van der Waals surface area (Å²) in [6, 6.07) is 34.3. The van der Waals surface area contributed by atoms with E-state index in [-0.39, 0.29) is 12.4 Å². The maximum Gasteiger partial charge on any atom is 0.312 e. The van der Waals surface area contributed by atoms with E-state index in [1.807, 2.05) is 109 Å². The third-order valence-corrected chi connectivity index (χ3v) is 4.82. The van der Waals surface area contributed by atoms with Crippen molar-refractivity contribution in [2.24, 2.45) is 0 Å². The van der Waals surface area contributed by atoms with Gasteiger partial charge in [0.1, 0.15) is 5.69 Å². The molecule has 1 atom stereocenters. The molecule has 0 fully saturated rings. The van der Waals surface area contributed by atoms with E-state index in [0.29, 0.717) is 5.69 Å². The molecule has 0 radical (unpaired) electrons. The number of hydrogen-bond donors (Lipinski definition) is 0. The predicted octanol–water partition coefficient (Wildman–Crippen LogP) is 5.16. The molecule has 0 aliphatic heterocycles. The van der Waals surface area contributed by atoms with Gasteiger partial charge in [0, 0.05) is 17.3 Å². The van der Waals surface area contributed by atoms with Gasteiger partial charge in [-0.1, -0.05) is 90.8 Å². The van der Waals surface area contributed by atoms with E-state index in [0.717, 1.165) is 16.7 Å². The Hall–Kier alpha value is -4.16. The number of aromatic nitrogens is 1. The third kappa shape index (κ3) is 4.88. The Kier molecular flexibility index (Phi) is 6.21. The Morgan fingerprint density at radius 1 is 0.774 bits per heavy atom. The summed E-state index contributed by atoms with van der Waals surface area (Å²) in [4.78, 5) is 17.6. The average molecular weight is 403 g/mol. The van der Waals surface area contributed by atoms with Crippen LogP contribution in [0.2, 0.25) is 0 Å². The minimum Gasteiger partial charge on any atom is -0.435 e. The second kappa shape index (κ2) is 9.56. The van der Waals surface area contributed by atoms with Crippen LogP contribution in [0.4, 0.5) is 0 Å². The molecule has 4 aromatic rings. The molecule has 0 bridgehead atoms. The first-order valence-corrected chi connectivity index (χ1v) is 10.1. The maximum atomic E-state index is 13.1. The molecule has 3 aromatic carbocycles. The zero-order chi connectivity index (χ0) is 21.4. The van der Waals surface area contributed by atoms with Crippen molar-refractivity contribution in [1.82, 2.24) is 4.98 Å². The van der Waals surface area contributed by atoms with Crippen LogP contribution in [0.5, 0.6) is 0 Å². The Labute approximate surface area is 182 Å². The third-order valence-electron chi connectivity index (χ3n) is 4.82. The lowest BCUT2D eigenvalue weighted by molar-refractivity contribution is -0.151. The minimum absolute atomic E-state index is 0.148. The number of rotatable bonds is 5. The highest BCUT2D eigenvalue weighted by Crippen LogP contribution is 2.33. The van der Waals surface area contributed by atoms with Crippen molar-refractivity contribution in [2.75, 3.05) is 0 Å². The summed E-state index contributed by atoms with van der Waals surface area (Å²) in [5, 5.41) is 0. The second-order valence-corrected chi connectivity index (χ2v) is 7.01. The molecule has 3 heteroatoms. The summed E-state index contributed by atoms with van der Waals surface area (Å²) >= 11 is 0. The van der Waals surface area contributed by atoms with Crippen LogP contribution in [0, 0.1) is 11.8 Å². The molecule has 0 saturated carbocycles. The maximum absolute atomic E-state index is 13.1. The normalized spacial score (nSPS) is 12.1. The van der Waals surface area contributed by atoms with E-state index in [9.17, 15) is 4.79 Å². The van der Waals surface area contributed by atoms with Gasteiger partial charge in [-0.15, -0.1) is 0 Å². The van der Waals surface area contributed by atoms with Gasteiger partial charge in [0.2, 0.25) is 5.60 Å². The fourth-order valence-corrected chi connectivity index (χ4v) is 3.32. The van der Waals surface area contributed by atoms with Crippen LogP contribution in [-0.4, -0.2) is 11.0 Å². The van der Waals surface area contributed by atoms with Gasteiger partial charge in [-0.25, -0.2) is 0 Å². The van der Waals surface area contributed by atoms with Gasteiger partial charge in [0.05, 0.1) is 6.42 Å². The van der Waals surface area contributed by atoms with Crippen molar-refractivity contribution in [3.8, 4) is 11.8 Å². The van der Waals surface area contributed by atoms with Crippen molar-refractivity contribution in [2.45, 2.75) is 12.0 Å². The SMILES string of the molecule is O=C(Cc1ccccc1)OC(C#Cc1ccccc1)(c1ccccc1)c1ccccn1. The topological polar surface area (TPSA) is 39.2 Å². The van der Waals surface area contributed by atoms with Crippen molar-refractivity contribution in [3.63, 3.8) is 0 Å². The van der Waals surface area contributed by atoms with E-state index in [1.54, 1.807) is 6.20 Å². The predicted molar refractivity (Wildman–Crippen MR) is 121 cm³/mol. The standard InChI is InChI=1S/C28H21NO2/c30-27(22-24-14-6-2-7-15-24)31-28(25-16-8-3-9-17-25,26-18-10-11-21-29-26)20-19-23-12-4-1-5-13-23/h1-18,21H,22H2. The fraction of sp³-hybridized carbons (Fsp3) is 0.0714. The van der Waals surface area contributed by atoms with Gasteiger partial charge in [-0.05, 0) is 35.7 Å². The highest BCUT2D eigenvalue weighted by molar-refractivity contribution is 5.74. The molecule has 0 amide bonds. The van der Waals surface area contributed by atoms with Gasteiger partial charge in [-0.3, -0.25) is 9.78 Å². The van der Waals surface area contributed by atoms with Crippen LogP contribution >= 0.6 is 0 Å². The molecular weight excluding hydrogens is 382 g/mol. The van der Waals surface area contributed by atoms with Gasteiger partial charge in [0.25, 0.3) is 0 Å². The summed E-state index contributed by atoms with van der Waals surface area (Å²) in [7, 11) is 0. The molecule has 4 rings (SSSR count). The Balaban J connectivity index is 1.81. The van der Waals surface area contributed by atoms with Crippen molar-refractivity contribution >= 4 is 5.97 Å². The Morgan fingerprint density at radius 3 is 2.03 bits per heavy atom. The molecule has 1 heterocycles. The van der Waals surface area contributed by atoms with Crippen LogP contribution in [0.25, 0.3) is 0 Å². The Morgan fingerprint density at radius 2 is 1.39 bits per heavy atom. The highest BCUT2D eigenvalue weighted by atomic mass is 16.6. The van der Waals surface area contributed by atoms with Crippen LogP contribution in [0.1, 0.15) is 22.4 Å². The molecule has 0 spiro atoms. The van der Waals surface area contributed by atoms with Crippen molar-refractivity contribution < 1.29 is 9.53 Å². The van der Waals surface area contributed by atoms with Crippen LogP contribution in [0.3, 0.4) is 0 Å². The number of esters is 1. The van der Waals surface area contributed by atoms with E-state index in [4.69, 9.17) is 4.74 Å². The number of ether oxygens (including phenoxy) is 1. The lowest BCUT2D eigenvalue weighted by atomic mass is 9.89. The van der Waals surface area contributed by atoms with Gasteiger partial charge in [0.15, 0.2) is 0 Å². The van der Waals surface area contributed by atoms with Crippen LogP contribution in [0.15, 0.2) is 115 Å². The molecule has 150 valence electrons. The zero-order valence-electron chi connectivity index (χ0n) is 16.9. The van der Waals surface area contributed by atoms with E-state index >= 15 is 0 Å². The molecule has 3 nitrogen and oxygen atoms in total. The molecular formula is C28H21NO2. The lowest BCUT2D eigenvalue weighted by Gasteiger charge is -2.28. The number of carbonyl (C=O) groups excluding carboxylic acids is 1. The van der Waals surface area contributed by atoms with Crippen molar-refractivity contribution in [3.05, 3.63) is 138 Å². The quantitative estimate of drug-likeness (QED) is 0.341. The monoisotopic (exact) mass is 403 g/mol. The number of carbonyl (C=O) groups is 1. The largest absolute Gasteiger partial charge is 0.435 e. The van der Waals surface area contributed by atoms with Crippen molar-refractivity contribution in [1.29, 1.82) is 0 Å². The first kappa shape index (κ1) is 20.1. The lowest BCUT2D eigenvalue weighted by Crippen LogP contribution is -2.34. The summed E-state index contributed by atoms with van der Waals surface area (Å²) in [5.41, 5.74) is 1.69. The Bertz CT molecular complexity index is 1140.